The molecule has 1 unspecified atom stereocenters. The number of aliphatic hydroxyl groups excluding tert-OH is 1. The van der Waals surface area contributed by atoms with Crippen LogP contribution in [0.4, 0.5) is 18.9 Å². The molecule has 6 rings (SSSR count). The zero-order valence-electron chi connectivity index (χ0n) is 23.1. The van der Waals surface area contributed by atoms with Gasteiger partial charge in [0.1, 0.15) is 5.82 Å². The summed E-state index contributed by atoms with van der Waals surface area (Å²) in [6.45, 7) is 5.60. The highest BCUT2D eigenvalue weighted by Crippen LogP contribution is 2.43. The number of anilines is 1. The van der Waals surface area contributed by atoms with Crippen molar-refractivity contribution in [3.63, 3.8) is 0 Å². The van der Waals surface area contributed by atoms with E-state index in [-0.39, 0.29) is 40.4 Å². The lowest BCUT2D eigenvalue weighted by atomic mass is 9.93. The van der Waals surface area contributed by atoms with Crippen LogP contribution < -0.4 is 5.32 Å². The maximum absolute atomic E-state index is 15.2. The number of nitrogens with one attached hydrogen (secondary N) is 2. The number of carbonyl (C=O) groups is 2. The third kappa shape index (κ3) is 5.12. The highest BCUT2D eigenvalue weighted by Gasteiger charge is 2.33. The van der Waals surface area contributed by atoms with Gasteiger partial charge < -0.3 is 25.0 Å². The average Bonchev–Trinajstić information content (AvgIpc) is 3.39. The number of aliphatic hydroxyl groups is 1. The van der Waals surface area contributed by atoms with Gasteiger partial charge >= 0.3 is 0 Å². The molecule has 3 aromatic rings. The van der Waals surface area contributed by atoms with Gasteiger partial charge in [0.2, 0.25) is 0 Å². The number of rotatable bonds is 6. The number of β-amino-alcohol motifs (C(OH)–C–C–N with tert-alkyl or cyclic N) is 1. The number of hydrogen-bond acceptors (Lipinski definition) is 5. The zero-order chi connectivity index (χ0) is 29.5. The maximum atomic E-state index is 15.2. The highest BCUT2D eigenvalue weighted by molar-refractivity contribution is 6.36. The molecule has 4 heterocycles. The summed E-state index contributed by atoms with van der Waals surface area (Å²) in [6, 6.07) is 5.97. The minimum atomic E-state index is -1.22. The van der Waals surface area contributed by atoms with Crippen LogP contribution in [0, 0.1) is 24.4 Å². The van der Waals surface area contributed by atoms with E-state index in [1.807, 2.05) is 0 Å². The Morgan fingerprint density at radius 1 is 1.00 bits per heavy atom. The smallest absolute Gasteiger partial charge is 0.256 e. The molecule has 1 atom stereocenters. The highest BCUT2D eigenvalue weighted by atomic mass is 19.2. The van der Waals surface area contributed by atoms with E-state index in [1.54, 1.807) is 11.8 Å². The molecule has 0 radical (unpaired) electrons. The van der Waals surface area contributed by atoms with Crippen molar-refractivity contribution in [2.75, 3.05) is 51.3 Å². The molecule has 8 nitrogen and oxygen atoms in total. The van der Waals surface area contributed by atoms with E-state index in [0.717, 1.165) is 25.2 Å². The van der Waals surface area contributed by atoms with E-state index < -0.39 is 29.5 Å². The third-order valence-corrected chi connectivity index (χ3v) is 8.15. The van der Waals surface area contributed by atoms with Crippen LogP contribution in [0.3, 0.4) is 0 Å². The fourth-order valence-corrected chi connectivity index (χ4v) is 6.08. The van der Waals surface area contributed by atoms with Gasteiger partial charge in [-0.3, -0.25) is 14.5 Å². The Kier molecular flexibility index (Phi) is 7.65. The summed E-state index contributed by atoms with van der Waals surface area (Å²) in [7, 11) is 0. The average molecular weight is 581 g/mol. The molecule has 11 heteroatoms. The predicted octanol–water partition coefficient (Wildman–Crippen LogP) is 3.98. The van der Waals surface area contributed by atoms with Crippen molar-refractivity contribution >= 4 is 29.2 Å². The molecule has 1 aromatic heterocycles. The molecule has 0 aliphatic carbocycles. The number of H-pyrrole nitrogens is 1. The van der Waals surface area contributed by atoms with Crippen molar-refractivity contribution in [2.45, 2.75) is 25.9 Å². The van der Waals surface area contributed by atoms with Gasteiger partial charge in [-0.1, -0.05) is 12.1 Å². The Hall–Kier alpha value is -3.93. The van der Waals surface area contributed by atoms with Gasteiger partial charge in [0, 0.05) is 66.5 Å². The van der Waals surface area contributed by atoms with Crippen molar-refractivity contribution in [3.05, 3.63) is 75.9 Å². The van der Waals surface area contributed by atoms with Gasteiger partial charge in [0.25, 0.3) is 11.8 Å². The largest absolute Gasteiger partial charge is 0.390 e. The van der Waals surface area contributed by atoms with Crippen molar-refractivity contribution in [1.82, 2.24) is 14.8 Å². The number of hydrogen-bond donors (Lipinski definition) is 3. The number of nitrogens with zero attached hydrogens (tertiary/aromatic N) is 2. The third-order valence-electron chi connectivity index (χ3n) is 8.15. The van der Waals surface area contributed by atoms with Crippen LogP contribution in [0.1, 0.15) is 39.3 Å². The first-order valence-corrected chi connectivity index (χ1v) is 14.0. The van der Waals surface area contributed by atoms with Gasteiger partial charge in [-0.05, 0) is 49.6 Å². The minimum absolute atomic E-state index is 0.0629. The fourth-order valence-electron chi connectivity index (χ4n) is 6.08. The summed E-state index contributed by atoms with van der Waals surface area (Å²) in [5.74, 6) is -3.90. The zero-order valence-corrected chi connectivity index (χ0v) is 23.1. The van der Waals surface area contributed by atoms with Crippen LogP contribution in [0.25, 0.3) is 22.8 Å². The summed E-state index contributed by atoms with van der Waals surface area (Å²) in [4.78, 5) is 33.8. The van der Waals surface area contributed by atoms with Crippen molar-refractivity contribution in [2.24, 2.45) is 0 Å². The van der Waals surface area contributed by atoms with Gasteiger partial charge in [-0.15, -0.1) is 0 Å². The molecule has 1 fully saturated rings. The molecule has 42 heavy (non-hydrogen) atoms. The number of amides is 2. The Morgan fingerprint density at radius 3 is 2.57 bits per heavy atom. The number of aromatic nitrogens is 1. The van der Waals surface area contributed by atoms with Crippen LogP contribution in [0.15, 0.2) is 30.3 Å². The Bertz CT molecular complexity index is 1600. The monoisotopic (exact) mass is 580 g/mol. The number of carbonyl (C=O) groups excluding carboxylic acids is 2. The first-order valence-electron chi connectivity index (χ1n) is 14.0. The first-order chi connectivity index (χ1) is 20.2. The predicted molar refractivity (Wildman–Crippen MR) is 151 cm³/mol. The van der Waals surface area contributed by atoms with E-state index >= 15 is 4.39 Å². The van der Waals surface area contributed by atoms with E-state index in [0.29, 0.717) is 61.7 Å². The molecular weight excluding hydrogens is 549 g/mol. The van der Waals surface area contributed by atoms with Gasteiger partial charge in [-0.25, -0.2) is 13.2 Å². The number of benzene rings is 2. The maximum Gasteiger partial charge on any atom is 0.256 e. The molecule has 0 spiro atoms. The summed E-state index contributed by atoms with van der Waals surface area (Å²) in [5.41, 5.74) is 2.21. The summed E-state index contributed by atoms with van der Waals surface area (Å²) in [5, 5.41) is 13.4. The number of morpholine rings is 1. The lowest BCUT2D eigenvalue weighted by molar-refractivity contribution is -0.110. The molecule has 1 saturated heterocycles. The molecule has 2 amide bonds. The Labute approximate surface area is 240 Å². The topological polar surface area (TPSA) is 97.9 Å². The number of halogens is 3. The molecule has 0 saturated carbocycles. The molecular formula is C31H31F3N4O4. The normalized spacial score (nSPS) is 19.1. The quantitative estimate of drug-likeness (QED) is 0.384. The van der Waals surface area contributed by atoms with Crippen molar-refractivity contribution < 1.29 is 32.6 Å². The number of aryl methyl sites for hydroxylation is 1. The Morgan fingerprint density at radius 2 is 1.79 bits per heavy atom. The second-order valence-corrected chi connectivity index (χ2v) is 10.9. The van der Waals surface area contributed by atoms with Crippen LogP contribution >= 0.6 is 0 Å². The standard InChI is InChI=1S/C31H31F3N4O4/c1-17-25(35-23-6-3-9-38(31(41)26(17)23)16-18(39)15-37-10-12-42-13-11-37)14-20-28-24(36-30(20)40)8-7-21(32)27(28)19-4-2-5-22(33)29(19)34/h2,4-5,7-8,14,18,35,39H,3,6,9-13,15-16H2,1H3,(H,36,40)/b20-14-. The van der Waals surface area contributed by atoms with Crippen LogP contribution in [-0.4, -0.2) is 83.7 Å². The van der Waals surface area contributed by atoms with E-state index in [2.05, 4.69) is 15.2 Å². The minimum Gasteiger partial charge on any atom is -0.390 e. The molecule has 2 aromatic carbocycles. The van der Waals surface area contributed by atoms with E-state index in [1.165, 1.54) is 24.3 Å². The lowest BCUT2D eigenvalue weighted by Crippen LogP contribution is -2.46. The molecule has 3 aliphatic heterocycles. The van der Waals surface area contributed by atoms with Crippen molar-refractivity contribution in [1.29, 1.82) is 0 Å². The van der Waals surface area contributed by atoms with Gasteiger partial charge in [-0.2, -0.15) is 0 Å². The number of aromatic amines is 1. The van der Waals surface area contributed by atoms with Crippen LogP contribution in [0.2, 0.25) is 0 Å². The van der Waals surface area contributed by atoms with Gasteiger partial charge in [0.15, 0.2) is 11.6 Å². The number of ether oxygens (including phenoxy) is 1. The Balaban J connectivity index is 1.33. The summed E-state index contributed by atoms with van der Waals surface area (Å²) < 4.78 is 49.5. The van der Waals surface area contributed by atoms with Crippen LogP contribution in [-0.2, 0) is 16.0 Å². The van der Waals surface area contributed by atoms with Gasteiger partial charge in [0.05, 0.1) is 30.5 Å². The fraction of sp³-hybridized carbons (Fsp3) is 0.355. The second kappa shape index (κ2) is 11.4. The first kappa shape index (κ1) is 28.2. The number of fused-ring (bicyclic) bond motifs is 2. The molecule has 220 valence electrons. The van der Waals surface area contributed by atoms with E-state index in [4.69, 9.17) is 4.74 Å². The molecule has 3 N–H and O–H groups in total. The summed E-state index contributed by atoms with van der Waals surface area (Å²) >= 11 is 0. The molecule has 0 bridgehead atoms. The molecule has 3 aliphatic rings. The SMILES string of the molecule is Cc1c(/C=C2\C(=O)Nc3ccc(F)c(-c4cccc(F)c4F)c32)[nH]c2c1C(=O)N(CC(O)CN1CCOCC1)CCC2. The van der Waals surface area contributed by atoms with E-state index in [9.17, 15) is 23.5 Å². The lowest BCUT2D eigenvalue weighted by Gasteiger charge is -2.31. The van der Waals surface area contributed by atoms with Crippen LogP contribution in [0.5, 0.6) is 0 Å². The van der Waals surface area contributed by atoms with Crippen molar-refractivity contribution in [3.8, 4) is 11.1 Å². The summed E-state index contributed by atoms with van der Waals surface area (Å²) in [6.07, 6.45) is 2.06. The second-order valence-electron chi connectivity index (χ2n) is 10.9.